The Bertz CT molecular complexity index is 1290. The van der Waals surface area contributed by atoms with E-state index in [0.29, 0.717) is 0 Å². The van der Waals surface area contributed by atoms with Crippen LogP contribution in [0.4, 0.5) is 0 Å². The first-order chi connectivity index (χ1) is 14.3. The molecule has 0 bridgehead atoms. The fourth-order valence-electron chi connectivity index (χ4n) is 3.66. The van der Waals surface area contributed by atoms with Crippen LogP contribution in [-0.4, -0.2) is 15.0 Å². The number of fused-ring (bicyclic) bond motifs is 1. The van der Waals surface area contributed by atoms with Crippen molar-refractivity contribution in [1.82, 2.24) is 15.0 Å². The van der Waals surface area contributed by atoms with E-state index in [9.17, 15) is 0 Å². The lowest BCUT2D eigenvalue weighted by Gasteiger charge is -2.09. The van der Waals surface area contributed by atoms with E-state index in [1.807, 2.05) is 31.2 Å². The van der Waals surface area contributed by atoms with Crippen LogP contribution in [0.3, 0.4) is 0 Å². The van der Waals surface area contributed by atoms with Crippen molar-refractivity contribution in [3.63, 3.8) is 0 Å². The summed E-state index contributed by atoms with van der Waals surface area (Å²) in [5, 5.41) is 2.51. The fraction of sp³-hybridized carbons (Fsp3) is 0.0385. The van der Waals surface area contributed by atoms with E-state index < -0.39 is 0 Å². The number of aryl methyl sites for hydroxylation is 1. The second-order valence-corrected chi connectivity index (χ2v) is 7.00. The standard InChI is InChI=1S/C26H19N3/c1-18-28-25(17-26(29-18)24-11-4-5-16-27-24)21-14-12-20(13-15-21)23-10-6-8-19-7-2-3-9-22(19)23/h2-17H,1H3. The molecule has 5 rings (SSSR count). The molecule has 2 aromatic heterocycles. The van der Waals surface area contributed by atoms with Gasteiger partial charge in [0.1, 0.15) is 5.82 Å². The molecule has 3 nitrogen and oxygen atoms in total. The average Bonchev–Trinajstić information content (AvgIpc) is 2.79. The van der Waals surface area contributed by atoms with Gasteiger partial charge in [0.25, 0.3) is 0 Å². The van der Waals surface area contributed by atoms with Gasteiger partial charge in [0.2, 0.25) is 0 Å². The van der Waals surface area contributed by atoms with E-state index >= 15 is 0 Å². The maximum absolute atomic E-state index is 4.64. The van der Waals surface area contributed by atoms with Crippen molar-refractivity contribution in [2.24, 2.45) is 0 Å². The predicted octanol–water partition coefficient (Wildman–Crippen LogP) is 6.33. The Labute approximate surface area is 169 Å². The van der Waals surface area contributed by atoms with E-state index in [4.69, 9.17) is 0 Å². The van der Waals surface area contributed by atoms with Crippen molar-refractivity contribution in [3.05, 3.63) is 103 Å². The van der Waals surface area contributed by atoms with E-state index in [-0.39, 0.29) is 0 Å². The molecule has 0 saturated heterocycles. The molecule has 0 unspecified atom stereocenters. The first kappa shape index (κ1) is 17.3. The van der Waals surface area contributed by atoms with Crippen molar-refractivity contribution in [2.45, 2.75) is 6.92 Å². The topological polar surface area (TPSA) is 38.7 Å². The van der Waals surface area contributed by atoms with Gasteiger partial charge in [0, 0.05) is 11.8 Å². The summed E-state index contributed by atoms with van der Waals surface area (Å²) >= 11 is 0. The minimum absolute atomic E-state index is 0.737. The van der Waals surface area contributed by atoms with Gasteiger partial charge in [-0.15, -0.1) is 0 Å². The molecule has 29 heavy (non-hydrogen) atoms. The third-order valence-electron chi connectivity index (χ3n) is 5.05. The smallest absolute Gasteiger partial charge is 0.126 e. The molecule has 0 aliphatic carbocycles. The summed E-state index contributed by atoms with van der Waals surface area (Å²) < 4.78 is 0. The molecule has 3 aromatic carbocycles. The van der Waals surface area contributed by atoms with Crippen molar-refractivity contribution in [1.29, 1.82) is 0 Å². The van der Waals surface area contributed by atoms with Crippen LogP contribution in [0.1, 0.15) is 5.82 Å². The quantitative estimate of drug-likeness (QED) is 0.371. The van der Waals surface area contributed by atoms with Gasteiger partial charge in [-0.2, -0.15) is 0 Å². The Morgan fingerprint density at radius 3 is 2.14 bits per heavy atom. The van der Waals surface area contributed by atoms with E-state index in [0.717, 1.165) is 28.5 Å². The lowest BCUT2D eigenvalue weighted by molar-refractivity contribution is 1.05. The van der Waals surface area contributed by atoms with E-state index in [1.165, 1.54) is 21.9 Å². The first-order valence-electron chi connectivity index (χ1n) is 9.63. The monoisotopic (exact) mass is 373 g/mol. The van der Waals surface area contributed by atoms with E-state index in [1.54, 1.807) is 6.20 Å². The van der Waals surface area contributed by atoms with Crippen LogP contribution in [0.5, 0.6) is 0 Å². The SMILES string of the molecule is Cc1nc(-c2ccc(-c3cccc4ccccc34)cc2)cc(-c2ccccn2)n1. The van der Waals surface area contributed by atoms with Gasteiger partial charge in [-0.05, 0) is 47.0 Å². The van der Waals surface area contributed by atoms with E-state index in [2.05, 4.69) is 81.7 Å². The van der Waals surface area contributed by atoms with Gasteiger partial charge in [-0.1, -0.05) is 72.8 Å². The Hall–Kier alpha value is -3.85. The number of aromatic nitrogens is 3. The van der Waals surface area contributed by atoms with Crippen LogP contribution in [0.2, 0.25) is 0 Å². The zero-order chi connectivity index (χ0) is 19.6. The Balaban J connectivity index is 1.55. The van der Waals surface area contributed by atoms with Crippen LogP contribution in [0, 0.1) is 6.92 Å². The zero-order valence-electron chi connectivity index (χ0n) is 16.1. The Morgan fingerprint density at radius 1 is 0.586 bits per heavy atom. The van der Waals surface area contributed by atoms with Crippen LogP contribution >= 0.6 is 0 Å². The van der Waals surface area contributed by atoms with Crippen molar-refractivity contribution in [3.8, 4) is 33.8 Å². The van der Waals surface area contributed by atoms with Crippen LogP contribution in [0.15, 0.2) is 97.2 Å². The molecular weight excluding hydrogens is 354 g/mol. The molecular formula is C26H19N3. The molecule has 5 aromatic rings. The number of nitrogens with zero attached hydrogens (tertiary/aromatic N) is 3. The Kier molecular flexibility index (Phi) is 4.34. The molecule has 0 amide bonds. The van der Waals surface area contributed by atoms with Gasteiger partial charge < -0.3 is 0 Å². The highest BCUT2D eigenvalue weighted by molar-refractivity contribution is 5.96. The normalized spacial score (nSPS) is 10.9. The van der Waals surface area contributed by atoms with Gasteiger partial charge in [0.15, 0.2) is 0 Å². The molecule has 0 aliphatic rings. The lowest BCUT2D eigenvalue weighted by Crippen LogP contribution is -1.95. The molecule has 0 atom stereocenters. The average molecular weight is 373 g/mol. The molecule has 2 heterocycles. The molecule has 138 valence electrons. The van der Waals surface area contributed by atoms with Crippen molar-refractivity contribution in [2.75, 3.05) is 0 Å². The van der Waals surface area contributed by atoms with Crippen LogP contribution in [-0.2, 0) is 0 Å². The van der Waals surface area contributed by atoms with Gasteiger partial charge >= 0.3 is 0 Å². The number of benzene rings is 3. The van der Waals surface area contributed by atoms with Crippen LogP contribution in [0.25, 0.3) is 44.5 Å². The molecule has 0 radical (unpaired) electrons. The summed E-state index contributed by atoms with van der Waals surface area (Å²) in [6.45, 7) is 1.92. The van der Waals surface area contributed by atoms with Gasteiger partial charge in [-0.3, -0.25) is 4.98 Å². The molecule has 0 saturated carbocycles. The number of pyridine rings is 1. The summed E-state index contributed by atoms with van der Waals surface area (Å²) in [7, 11) is 0. The second kappa shape index (κ2) is 7.28. The second-order valence-electron chi connectivity index (χ2n) is 7.00. The third kappa shape index (κ3) is 3.39. The number of hydrogen-bond donors (Lipinski definition) is 0. The minimum Gasteiger partial charge on any atom is -0.255 e. The highest BCUT2D eigenvalue weighted by atomic mass is 14.9. The number of hydrogen-bond acceptors (Lipinski definition) is 3. The maximum atomic E-state index is 4.64. The molecule has 0 N–H and O–H groups in total. The molecule has 0 fully saturated rings. The largest absolute Gasteiger partial charge is 0.255 e. The highest BCUT2D eigenvalue weighted by Gasteiger charge is 2.09. The molecule has 3 heteroatoms. The number of rotatable bonds is 3. The lowest BCUT2D eigenvalue weighted by atomic mass is 9.97. The molecule has 0 aliphatic heterocycles. The van der Waals surface area contributed by atoms with Crippen molar-refractivity contribution >= 4 is 10.8 Å². The van der Waals surface area contributed by atoms with Gasteiger partial charge in [-0.25, -0.2) is 9.97 Å². The van der Waals surface area contributed by atoms with Gasteiger partial charge in [0.05, 0.1) is 17.1 Å². The predicted molar refractivity (Wildman–Crippen MR) is 118 cm³/mol. The summed E-state index contributed by atoms with van der Waals surface area (Å²) in [4.78, 5) is 13.6. The summed E-state index contributed by atoms with van der Waals surface area (Å²) in [5.41, 5.74) is 6.10. The first-order valence-corrected chi connectivity index (χ1v) is 9.63. The zero-order valence-corrected chi connectivity index (χ0v) is 16.1. The Morgan fingerprint density at radius 2 is 1.31 bits per heavy atom. The highest BCUT2D eigenvalue weighted by Crippen LogP contribution is 2.30. The summed E-state index contributed by atoms with van der Waals surface area (Å²) in [5.74, 6) is 0.737. The maximum Gasteiger partial charge on any atom is 0.126 e. The fourth-order valence-corrected chi connectivity index (χ4v) is 3.66. The minimum atomic E-state index is 0.737. The third-order valence-corrected chi connectivity index (χ3v) is 5.05. The summed E-state index contributed by atoms with van der Waals surface area (Å²) in [6.07, 6.45) is 1.78. The van der Waals surface area contributed by atoms with Crippen LogP contribution < -0.4 is 0 Å². The summed E-state index contributed by atoms with van der Waals surface area (Å²) in [6, 6.07) is 31.3. The van der Waals surface area contributed by atoms with Crippen molar-refractivity contribution < 1.29 is 0 Å². The molecule has 0 spiro atoms.